The molecule has 1 aliphatic rings. The van der Waals surface area contributed by atoms with Gasteiger partial charge in [0.05, 0.1) is 18.1 Å². The van der Waals surface area contributed by atoms with Gasteiger partial charge < -0.3 is 15.4 Å². The molecule has 5 heteroatoms. The van der Waals surface area contributed by atoms with Crippen molar-refractivity contribution in [2.45, 2.75) is 44.9 Å². The summed E-state index contributed by atoms with van der Waals surface area (Å²) in [5.41, 5.74) is 9.44. The summed E-state index contributed by atoms with van der Waals surface area (Å²) in [6.45, 7) is 6.24. The number of hydrogen-bond donors (Lipinski definition) is 1. The van der Waals surface area contributed by atoms with Crippen molar-refractivity contribution in [3.63, 3.8) is 0 Å². The van der Waals surface area contributed by atoms with Crippen LogP contribution in [-0.4, -0.2) is 31.6 Å². The van der Waals surface area contributed by atoms with Crippen LogP contribution in [0.3, 0.4) is 0 Å². The van der Waals surface area contributed by atoms with E-state index < -0.39 is 5.92 Å². The van der Waals surface area contributed by atoms with E-state index in [0.29, 0.717) is 12.2 Å². The van der Waals surface area contributed by atoms with Crippen LogP contribution in [0.2, 0.25) is 0 Å². The Labute approximate surface area is 172 Å². The maximum absolute atomic E-state index is 12.4. The molecule has 5 nitrogen and oxygen atoms in total. The van der Waals surface area contributed by atoms with Crippen molar-refractivity contribution in [1.82, 2.24) is 0 Å². The highest BCUT2D eigenvalue weighted by molar-refractivity contribution is 5.90. The molecular weight excluding hydrogens is 364 g/mol. The van der Waals surface area contributed by atoms with E-state index in [1.54, 1.807) is 19.1 Å². The van der Waals surface area contributed by atoms with E-state index in [9.17, 15) is 9.59 Å². The fourth-order valence-corrected chi connectivity index (χ4v) is 4.22. The second-order valence-corrected chi connectivity index (χ2v) is 7.62. The normalized spacial score (nSPS) is 16.1. The molecule has 2 atom stereocenters. The van der Waals surface area contributed by atoms with Gasteiger partial charge in [0.25, 0.3) is 0 Å². The lowest BCUT2D eigenvalue weighted by atomic mass is 9.81. The topological polar surface area (TPSA) is 72.6 Å². The smallest absolute Gasteiger partial charge is 0.338 e. The number of ether oxygens (including phenoxy) is 1. The molecule has 0 spiro atoms. The van der Waals surface area contributed by atoms with E-state index in [4.69, 9.17) is 10.5 Å². The van der Waals surface area contributed by atoms with Gasteiger partial charge in [-0.15, -0.1) is 0 Å². The van der Waals surface area contributed by atoms with Crippen molar-refractivity contribution >= 4 is 17.6 Å². The van der Waals surface area contributed by atoms with Gasteiger partial charge in [0.15, 0.2) is 0 Å². The van der Waals surface area contributed by atoms with Gasteiger partial charge in [-0.2, -0.15) is 0 Å². The molecule has 1 fully saturated rings. The van der Waals surface area contributed by atoms with E-state index in [0.717, 1.165) is 24.2 Å². The second-order valence-electron chi connectivity index (χ2n) is 7.62. The van der Waals surface area contributed by atoms with Gasteiger partial charge in [-0.3, -0.25) is 4.79 Å². The SMILES string of the molecule is CCOC(=O)c1ccc(C(C(N)=O)C(C)c2ccccc2N2CCCCC2)cc1. The van der Waals surface area contributed by atoms with Crippen molar-refractivity contribution < 1.29 is 14.3 Å². The van der Waals surface area contributed by atoms with E-state index in [2.05, 4.69) is 24.0 Å². The number of carbonyl (C=O) groups is 2. The third kappa shape index (κ3) is 4.78. The minimum Gasteiger partial charge on any atom is -0.462 e. The van der Waals surface area contributed by atoms with Gasteiger partial charge in [0.2, 0.25) is 5.91 Å². The molecule has 29 heavy (non-hydrogen) atoms. The molecule has 2 unspecified atom stereocenters. The molecule has 1 amide bonds. The lowest BCUT2D eigenvalue weighted by Crippen LogP contribution is -2.32. The van der Waals surface area contributed by atoms with Crippen LogP contribution in [0.25, 0.3) is 0 Å². The summed E-state index contributed by atoms with van der Waals surface area (Å²) in [6, 6.07) is 15.3. The second kappa shape index (κ2) is 9.59. The number of amides is 1. The molecule has 0 saturated carbocycles. The predicted octanol–water partition coefficient (Wildman–Crippen LogP) is 4.23. The summed E-state index contributed by atoms with van der Waals surface area (Å²) in [4.78, 5) is 26.8. The van der Waals surface area contributed by atoms with Crippen LogP contribution in [0, 0.1) is 0 Å². The molecule has 3 rings (SSSR count). The molecule has 154 valence electrons. The third-order valence-corrected chi connectivity index (χ3v) is 5.71. The zero-order valence-corrected chi connectivity index (χ0v) is 17.3. The monoisotopic (exact) mass is 394 g/mol. The van der Waals surface area contributed by atoms with E-state index in [1.165, 1.54) is 24.9 Å². The summed E-state index contributed by atoms with van der Waals surface area (Å²) in [7, 11) is 0. The van der Waals surface area contributed by atoms with Crippen LogP contribution in [0.4, 0.5) is 5.69 Å². The number of nitrogens with zero attached hydrogens (tertiary/aromatic N) is 1. The number of benzene rings is 2. The molecular formula is C24H30N2O3. The van der Waals surface area contributed by atoms with Crippen molar-refractivity contribution in [1.29, 1.82) is 0 Å². The zero-order valence-electron chi connectivity index (χ0n) is 17.3. The maximum Gasteiger partial charge on any atom is 0.338 e. The summed E-state index contributed by atoms with van der Waals surface area (Å²) in [5, 5.41) is 0. The Morgan fingerprint density at radius 3 is 2.31 bits per heavy atom. The van der Waals surface area contributed by atoms with Crippen LogP contribution < -0.4 is 10.6 Å². The Bertz CT molecular complexity index is 841. The van der Waals surface area contributed by atoms with Crippen molar-refractivity contribution in [2.75, 3.05) is 24.6 Å². The first-order valence-corrected chi connectivity index (χ1v) is 10.4. The van der Waals surface area contributed by atoms with Crippen LogP contribution in [-0.2, 0) is 9.53 Å². The molecule has 0 radical (unpaired) electrons. The highest BCUT2D eigenvalue weighted by Crippen LogP contribution is 2.38. The van der Waals surface area contributed by atoms with E-state index in [1.807, 2.05) is 24.3 Å². The lowest BCUT2D eigenvalue weighted by Gasteiger charge is -2.33. The highest BCUT2D eigenvalue weighted by atomic mass is 16.5. The van der Waals surface area contributed by atoms with Crippen molar-refractivity contribution in [2.24, 2.45) is 5.73 Å². The third-order valence-electron chi connectivity index (χ3n) is 5.71. The van der Waals surface area contributed by atoms with Crippen LogP contribution in [0.5, 0.6) is 0 Å². The molecule has 0 aliphatic carbocycles. The molecule has 2 N–H and O–H groups in total. The fourth-order valence-electron chi connectivity index (χ4n) is 4.22. The Balaban J connectivity index is 1.90. The molecule has 2 aromatic carbocycles. The minimum atomic E-state index is -0.475. The van der Waals surface area contributed by atoms with Gasteiger partial charge in [0.1, 0.15) is 0 Å². The maximum atomic E-state index is 12.4. The Kier molecular flexibility index (Phi) is 6.91. The van der Waals surface area contributed by atoms with Crippen LogP contribution in [0.1, 0.15) is 66.4 Å². The Morgan fingerprint density at radius 1 is 1.03 bits per heavy atom. The number of carbonyl (C=O) groups excluding carboxylic acids is 2. The summed E-state index contributed by atoms with van der Waals surface area (Å²) >= 11 is 0. The molecule has 1 saturated heterocycles. The zero-order chi connectivity index (χ0) is 20.8. The quantitative estimate of drug-likeness (QED) is 0.714. The number of nitrogens with two attached hydrogens (primary N) is 1. The number of rotatable bonds is 7. The van der Waals surface area contributed by atoms with Gasteiger partial charge in [0, 0.05) is 18.8 Å². The van der Waals surface area contributed by atoms with Gasteiger partial charge >= 0.3 is 5.97 Å². The standard InChI is InChI=1S/C24H30N2O3/c1-3-29-24(28)19-13-11-18(12-14-19)22(23(25)27)17(2)20-9-5-6-10-21(20)26-15-7-4-8-16-26/h5-6,9-14,17,22H,3-4,7-8,15-16H2,1-2H3,(H2,25,27). The van der Waals surface area contributed by atoms with Crippen molar-refractivity contribution in [3.05, 3.63) is 65.2 Å². The van der Waals surface area contributed by atoms with Gasteiger partial charge in [-0.05, 0) is 61.4 Å². The Hall–Kier alpha value is -2.82. The average Bonchev–Trinajstić information content (AvgIpc) is 2.75. The molecule has 1 aliphatic heterocycles. The first-order chi connectivity index (χ1) is 14.0. The minimum absolute atomic E-state index is 0.0842. The van der Waals surface area contributed by atoms with Gasteiger partial charge in [-0.1, -0.05) is 37.3 Å². The molecule has 2 aromatic rings. The fraction of sp³-hybridized carbons (Fsp3) is 0.417. The summed E-state index contributed by atoms with van der Waals surface area (Å²) in [6.07, 6.45) is 3.65. The Morgan fingerprint density at radius 2 is 1.69 bits per heavy atom. The van der Waals surface area contributed by atoms with Gasteiger partial charge in [-0.25, -0.2) is 4.79 Å². The van der Waals surface area contributed by atoms with Crippen molar-refractivity contribution in [3.8, 4) is 0 Å². The molecule has 0 aromatic heterocycles. The number of para-hydroxylation sites is 1. The summed E-state index contributed by atoms with van der Waals surface area (Å²) < 4.78 is 5.04. The first-order valence-electron chi connectivity index (χ1n) is 10.4. The number of piperidine rings is 1. The molecule has 0 bridgehead atoms. The first kappa shape index (κ1) is 20.9. The van der Waals surface area contributed by atoms with Crippen LogP contribution >= 0.6 is 0 Å². The number of anilines is 1. The lowest BCUT2D eigenvalue weighted by molar-refractivity contribution is -0.119. The van der Waals surface area contributed by atoms with E-state index in [-0.39, 0.29) is 17.8 Å². The number of hydrogen-bond acceptors (Lipinski definition) is 4. The summed E-state index contributed by atoms with van der Waals surface area (Å²) in [5.74, 6) is -1.29. The van der Waals surface area contributed by atoms with Crippen LogP contribution in [0.15, 0.2) is 48.5 Å². The molecule has 1 heterocycles. The predicted molar refractivity (Wildman–Crippen MR) is 115 cm³/mol. The number of esters is 1. The highest BCUT2D eigenvalue weighted by Gasteiger charge is 2.29. The van der Waals surface area contributed by atoms with E-state index >= 15 is 0 Å². The number of primary amides is 1. The average molecular weight is 395 g/mol. The largest absolute Gasteiger partial charge is 0.462 e.